The Hall–Kier alpha value is -3.40. The number of anilines is 1. The molecule has 1 atom stereocenters. The van der Waals surface area contributed by atoms with Gasteiger partial charge in [0, 0.05) is 18.4 Å². The van der Waals surface area contributed by atoms with Crippen LogP contribution in [0, 0.1) is 0 Å². The van der Waals surface area contributed by atoms with Crippen molar-refractivity contribution in [2.45, 2.75) is 25.1 Å². The SMILES string of the molecule is O=C1CCC(C(=O)O[C@H](C(=O)Nc2cc(C(F)(F)F)ccc2Cl)c2ccccc2)=NN1. The van der Waals surface area contributed by atoms with Gasteiger partial charge in [0.05, 0.1) is 16.3 Å². The Morgan fingerprint density at radius 1 is 1.13 bits per heavy atom. The van der Waals surface area contributed by atoms with Crippen molar-refractivity contribution < 1.29 is 32.3 Å². The molecule has 0 unspecified atom stereocenters. The molecular formula is C20H15ClF3N3O4. The number of hydrogen-bond acceptors (Lipinski definition) is 5. The van der Waals surface area contributed by atoms with Gasteiger partial charge in [-0.2, -0.15) is 18.3 Å². The molecule has 0 fully saturated rings. The van der Waals surface area contributed by atoms with Crippen molar-refractivity contribution in [2.24, 2.45) is 5.10 Å². The fourth-order valence-electron chi connectivity index (χ4n) is 2.69. The number of amides is 2. The Bertz CT molecular complexity index is 1040. The molecule has 31 heavy (non-hydrogen) atoms. The van der Waals surface area contributed by atoms with Crippen LogP contribution in [-0.4, -0.2) is 23.5 Å². The van der Waals surface area contributed by atoms with Crippen LogP contribution < -0.4 is 10.7 Å². The van der Waals surface area contributed by atoms with Gasteiger partial charge >= 0.3 is 12.1 Å². The summed E-state index contributed by atoms with van der Waals surface area (Å²) < 4.78 is 44.3. The van der Waals surface area contributed by atoms with Crippen LogP contribution in [0.25, 0.3) is 0 Å². The van der Waals surface area contributed by atoms with Gasteiger partial charge in [-0.05, 0) is 18.2 Å². The smallest absolute Gasteiger partial charge is 0.416 e. The van der Waals surface area contributed by atoms with E-state index < -0.39 is 29.7 Å². The number of carbonyl (C=O) groups is 3. The molecule has 11 heteroatoms. The minimum Gasteiger partial charge on any atom is -0.443 e. The summed E-state index contributed by atoms with van der Waals surface area (Å²) in [5.74, 6) is -2.23. The van der Waals surface area contributed by atoms with E-state index in [0.29, 0.717) is 6.07 Å². The van der Waals surface area contributed by atoms with Crippen molar-refractivity contribution in [3.8, 4) is 0 Å². The van der Waals surface area contributed by atoms with Crippen molar-refractivity contribution in [1.29, 1.82) is 0 Å². The molecule has 1 heterocycles. The molecule has 0 radical (unpaired) electrons. The van der Waals surface area contributed by atoms with Gasteiger partial charge in [-0.25, -0.2) is 10.2 Å². The van der Waals surface area contributed by atoms with E-state index in [-0.39, 0.29) is 40.7 Å². The van der Waals surface area contributed by atoms with Crippen molar-refractivity contribution in [1.82, 2.24) is 5.43 Å². The van der Waals surface area contributed by atoms with E-state index in [4.69, 9.17) is 16.3 Å². The zero-order valence-electron chi connectivity index (χ0n) is 15.7. The minimum absolute atomic E-state index is 0.0211. The lowest BCUT2D eigenvalue weighted by Crippen LogP contribution is -2.33. The van der Waals surface area contributed by atoms with Crippen molar-refractivity contribution in [3.05, 3.63) is 64.7 Å². The predicted molar refractivity (Wildman–Crippen MR) is 105 cm³/mol. The van der Waals surface area contributed by atoms with Gasteiger partial charge in [0.15, 0.2) is 0 Å². The minimum atomic E-state index is -4.64. The Kier molecular flexibility index (Phi) is 6.59. The first kappa shape index (κ1) is 22.3. The van der Waals surface area contributed by atoms with E-state index in [1.165, 1.54) is 12.1 Å². The molecule has 162 valence electrons. The number of carbonyl (C=O) groups excluding carboxylic acids is 3. The van der Waals surface area contributed by atoms with Crippen LogP contribution in [0.15, 0.2) is 53.6 Å². The number of rotatable bonds is 5. The molecular weight excluding hydrogens is 439 g/mol. The molecule has 3 rings (SSSR count). The second kappa shape index (κ2) is 9.17. The third kappa shape index (κ3) is 5.60. The van der Waals surface area contributed by atoms with Crippen molar-refractivity contribution >= 4 is 40.8 Å². The number of esters is 1. The summed E-state index contributed by atoms with van der Waals surface area (Å²) in [5.41, 5.74) is 1.03. The standard InChI is InChI=1S/C20H15ClF3N3O4/c21-13-7-6-12(20(22,23)24)10-15(13)25-18(29)17(11-4-2-1-3-5-11)31-19(30)14-8-9-16(28)27-26-14/h1-7,10,17H,8-9H2,(H,25,29)(H,27,28)/t17-/m0/s1. The summed E-state index contributed by atoms with van der Waals surface area (Å²) in [6, 6.07) is 10.4. The Labute approximate surface area is 179 Å². The van der Waals surface area contributed by atoms with E-state index >= 15 is 0 Å². The van der Waals surface area contributed by atoms with Crippen LogP contribution in [0.2, 0.25) is 5.02 Å². The van der Waals surface area contributed by atoms with Gasteiger partial charge in [0.1, 0.15) is 5.71 Å². The Morgan fingerprint density at radius 2 is 1.84 bits per heavy atom. The highest BCUT2D eigenvalue weighted by Crippen LogP contribution is 2.34. The molecule has 7 nitrogen and oxygen atoms in total. The molecule has 2 aromatic carbocycles. The summed E-state index contributed by atoms with van der Waals surface area (Å²) in [7, 11) is 0. The number of halogens is 4. The largest absolute Gasteiger partial charge is 0.443 e. The lowest BCUT2D eigenvalue weighted by Gasteiger charge is -2.20. The zero-order valence-corrected chi connectivity index (χ0v) is 16.5. The predicted octanol–water partition coefficient (Wildman–Crippen LogP) is 3.85. The average molecular weight is 454 g/mol. The molecule has 0 saturated heterocycles. The third-order valence-corrected chi connectivity index (χ3v) is 4.59. The normalized spacial score (nSPS) is 14.8. The number of hydrazone groups is 1. The first-order valence-electron chi connectivity index (χ1n) is 8.94. The van der Waals surface area contributed by atoms with Gasteiger partial charge in [-0.15, -0.1) is 0 Å². The molecule has 2 aromatic rings. The fraction of sp³-hybridized carbons (Fsp3) is 0.200. The maximum atomic E-state index is 13.0. The molecule has 0 saturated carbocycles. The van der Waals surface area contributed by atoms with E-state index in [1.54, 1.807) is 18.2 Å². The lowest BCUT2D eigenvalue weighted by atomic mass is 10.1. The molecule has 0 aromatic heterocycles. The monoisotopic (exact) mass is 453 g/mol. The molecule has 0 spiro atoms. The first-order chi connectivity index (χ1) is 14.6. The number of alkyl halides is 3. The summed E-state index contributed by atoms with van der Waals surface area (Å²) in [6.07, 6.45) is -6.10. The molecule has 0 bridgehead atoms. The number of nitrogens with zero attached hydrogens (tertiary/aromatic N) is 1. The highest BCUT2D eigenvalue weighted by Gasteiger charge is 2.32. The van der Waals surface area contributed by atoms with Crippen LogP contribution in [-0.2, 0) is 25.3 Å². The van der Waals surface area contributed by atoms with Crippen molar-refractivity contribution in [3.63, 3.8) is 0 Å². The summed E-state index contributed by atoms with van der Waals surface area (Å²) in [4.78, 5) is 36.5. The number of benzene rings is 2. The van der Waals surface area contributed by atoms with E-state index in [1.807, 2.05) is 0 Å². The van der Waals surface area contributed by atoms with E-state index in [2.05, 4.69) is 15.8 Å². The van der Waals surface area contributed by atoms with Crippen LogP contribution in [0.1, 0.15) is 30.1 Å². The third-order valence-electron chi connectivity index (χ3n) is 4.26. The first-order valence-corrected chi connectivity index (χ1v) is 9.32. The average Bonchev–Trinajstić information content (AvgIpc) is 2.73. The van der Waals surface area contributed by atoms with Gasteiger partial charge in [0.2, 0.25) is 12.0 Å². The second-order valence-corrected chi connectivity index (χ2v) is 6.88. The molecule has 2 amide bonds. The molecule has 1 aliphatic rings. The maximum Gasteiger partial charge on any atom is 0.416 e. The van der Waals surface area contributed by atoms with Crippen LogP contribution in [0.4, 0.5) is 18.9 Å². The zero-order chi connectivity index (χ0) is 22.6. The number of nitrogens with one attached hydrogen (secondary N) is 2. The molecule has 0 aliphatic carbocycles. The van der Waals surface area contributed by atoms with Crippen LogP contribution >= 0.6 is 11.6 Å². The van der Waals surface area contributed by atoms with Crippen LogP contribution in [0.5, 0.6) is 0 Å². The van der Waals surface area contributed by atoms with Gasteiger partial charge in [-0.1, -0.05) is 41.9 Å². The number of hydrogen-bond donors (Lipinski definition) is 2. The van der Waals surface area contributed by atoms with Gasteiger partial charge in [0.25, 0.3) is 5.91 Å². The quantitative estimate of drug-likeness (QED) is 0.672. The lowest BCUT2D eigenvalue weighted by molar-refractivity contribution is -0.148. The van der Waals surface area contributed by atoms with Gasteiger partial charge in [-0.3, -0.25) is 9.59 Å². The molecule has 2 N–H and O–H groups in total. The van der Waals surface area contributed by atoms with E-state index in [9.17, 15) is 27.6 Å². The summed E-state index contributed by atoms with van der Waals surface area (Å²) >= 11 is 5.93. The topological polar surface area (TPSA) is 96.9 Å². The number of ether oxygens (including phenoxy) is 1. The van der Waals surface area contributed by atoms with Crippen LogP contribution in [0.3, 0.4) is 0 Å². The maximum absolute atomic E-state index is 13.0. The Morgan fingerprint density at radius 3 is 2.45 bits per heavy atom. The summed E-state index contributed by atoms with van der Waals surface area (Å²) in [5, 5.41) is 5.77. The van der Waals surface area contributed by atoms with E-state index in [0.717, 1.165) is 12.1 Å². The van der Waals surface area contributed by atoms with Crippen molar-refractivity contribution in [2.75, 3.05) is 5.32 Å². The molecule has 1 aliphatic heterocycles. The summed E-state index contributed by atoms with van der Waals surface area (Å²) in [6.45, 7) is 0. The highest BCUT2D eigenvalue weighted by molar-refractivity contribution is 6.37. The fourth-order valence-corrected chi connectivity index (χ4v) is 2.86. The second-order valence-electron chi connectivity index (χ2n) is 6.47. The van der Waals surface area contributed by atoms with Gasteiger partial charge < -0.3 is 10.1 Å². The Balaban J connectivity index is 1.86. The highest BCUT2D eigenvalue weighted by atomic mass is 35.5.